The molecular weight excluding hydrogens is 346 g/mol. The van der Waals surface area contributed by atoms with Crippen molar-refractivity contribution in [3.8, 4) is 0 Å². The molecule has 0 bridgehead atoms. The quantitative estimate of drug-likeness (QED) is 0.791. The monoisotopic (exact) mass is 359 g/mol. The van der Waals surface area contributed by atoms with Crippen LogP contribution in [0.15, 0.2) is 24.3 Å². The predicted octanol–water partition coefficient (Wildman–Crippen LogP) is 3.04. The van der Waals surface area contributed by atoms with Gasteiger partial charge >= 0.3 is 0 Å². The molecule has 2 atom stereocenters. The van der Waals surface area contributed by atoms with Gasteiger partial charge in [-0.05, 0) is 24.5 Å². The van der Waals surface area contributed by atoms with Gasteiger partial charge in [-0.25, -0.2) is 13.4 Å². The number of aromatic nitrogens is 1. The van der Waals surface area contributed by atoms with Crippen molar-refractivity contribution in [1.29, 1.82) is 0 Å². The second-order valence-electron chi connectivity index (χ2n) is 4.96. The summed E-state index contributed by atoms with van der Waals surface area (Å²) in [4.78, 5) is 4.80. The van der Waals surface area contributed by atoms with Crippen LogP contribution in [0.3, 0.4) is 0 Å². The van der Waals surface area contributed by atoms with Crippen LogP contribution in [0.25, 0.3) is 10.2 Å². The highest BCUT2D eigenvalue weighted by molar-refractivity contribution is 9.09. The van der Waals surface area contributed by atoms with E-state index in [9.17, 15) is 8.42 Å². The Kier molecular flexibility index (Phi) is 3.66. The fourth-order valence-electron chi connectivity index (χ4n) is 2.45. The third-order valence-electron chi connectivity index (χ3n) is 3.49. The standard InChI is InChI=1S/C13H14BrNO2S2/c14-10(9-5-6-19(16,17)8-9)7-13-15-11-3-1-2-4-12(11)18-13/h1-4,9-10H,5-8H2. The van der Waals surface area contributed by atoms with E-state index in [1.807, 2.05) is 18.2 Å². The number of para-hydroxylation sites is 1. The highest BCUT2D eigenvalue weighted by Crippen LogP contribution is 2.31. The van der Waals surface area contributed by atoms with Crippen molar-refractivity contribution in [2.45, 2.75) is 17.7 Å². The SMILES string of the molecule is O=S1(=O)CCC(C(Br)Cc2nc3ccccc3s2)C1. The molecule has 1 aromatic heterocycles. The molecule has 1 aliphatic heterocycles. The summed E-state index contributed by atoms with van der Waals surface area (Å²) in [6.07, 6.45) is 1.57. The van der Waals surface area contributed by atoms with Crippen molar-refractivity contribution < 1.29 is 8.42 Å². The second kappa shape index (κ2) is 5.14. The summed E-state index contributed by atoms with van der Waals surface area (Å²) in [5.41, 5.74) is 1.03. The molecule has 3 rings (SSSR count). The van der Waals surface area contributed by atoms with E-state index in [0.717, 1.165) is 23.4 Å². The zero-order chi connectivity index (χ0) is 13.5. The fraction of sp³-hybridized carbons (Fsp3) is 0.462. The predicted molar refractivity (Wildman–Crippen MR) is 82.8 cm³/mol. The first kappa shape index (κ1) is 13.5. The topological polar surface area (TPSA) is 47.0 Å². The second-order valence-corrected chi connectivity index (χ2v) is 9.48. The number of thiazole rings is 1. The normalized spacial score (nSPS) is 23.7. The highest BCUT2D eigenvalue weighted by atomic mass is 79.9. The van der Waals surface area contributed by atoms with Crippen LogP contribution in [0.4, 0.5) is 0 Å². The Labute approximate surface area is 125 Å². The van der Waals surface area contributed by atoms with Gasteiger partial charge in [-0.15, -0.1) is 11.3 Å². The van der Waals surface area contributed by atoms with Gasteiger partial charge in [0.1, 0.15) is 0 Å². The molecule has 1 fully saturated rings. The molecule has 3 nitrogen and oxygen atoms in total. The lowest BCUT2D eigenvalue weighted by molar-refractivity contribution is 0.563. The zero-order valence-electron chi connectivity index (χ0n) is 10.3. The van der Waals surface area contributed by atoms with Gasteiger partial charge < -0.3 is 0 Å². The van der Waals surface area contributed by atoms with Gasteiger partial charge in [0.15, 0.2) is 9.84 Å². The van der Waals surface area contributed by atoms with Gasteiger partial charge in [0.2, 0.25) is 0 Å². The lowest BCUT2D eigenvalue weighted by atomic mass is 10.0. The highest BCUT2D eigenvalue weighted by Gasteiger charge is 2.32. The van der Waals surface area contributed by atoms with Gasteiger partial charge in [-0.3, -0.25) is 0 Å². The van der Waals surface area contributed by atoms with Crippen LogP contribution in [0.5, 0.6) is 0 Å². The van der Waals surface area contributed by atoms with Crippen LogP contribution < -0.4 is 0 Å². The van der Waals surface area contributed by atoms with E-state index in [-0.39, 0.29) is 10.7 Å². The van der Waals surface area contributed by atoms with Crippen molar-refractivity contribution in [2.75, 3.05) is 11.5 Å². The Morgan fingerprint density at radius 3 is 2.89 bits per heavy atom. The third kappa shape index (κ3) is 3.01. The molecule has 1 aliphatic rings. The number of rotatable bonds is 3. The van der Waals surface area contributed by atoms with Gasteiger partial charge in [-0.2, -0.15) is 0 Å². The molecule has 1 saturated heterocycles. The van der Waals surface area contributed by atoms with E-state index in [1.165, 1.54) is 4.70 Å². The van der Waals surface area contributed by atoms with Crippen LogP contribution in [0.2, 0.25) is 0 Å². The van der Waals surface area contributed by atoms with E-state index in [4.69, 9.17) is 0 Å². The molecule has 1 aromatic carbocycles. The van der Waals surface area contributed by atoms with Crippen molar-refractivity contribution in [3.63, 3.8) is 0 Å². The van der Waals surface area contributed by atoms with Crippen LogP contribution in [0.1, 0.15) is 11.4 Å². The van der Waals surface area contributed by atoms with E-state index in [0.29, 0.717) is 11.5 Å². The molecule has 2 heterocycles. The summed E-state index contributed by atoms with van der Waals surface area (Å²) in [6, 6.07) is 8.08. The maximum atomic E-state index is 11.5. The van der Waals surface area contributed by atoms with E-state index >= 15 is 0 Å². The van der Waals surface area contributed by atoms with Gasteiger partial charge in [0, 0.05) is 11.2 Å². The molecule has 102 valence electrons. The van der Waals surface area contributed by atoms with Crippen LogP contribution in [0, 0.1) is 5.92 Å². The van der Waals surface area contributed by atoms with Crippen molar-refractivity contribution in [1.82, 2.24) is 4.98 Å². The maximum Gasteiger partial charge on any atom is 0.150 e. The summed E-state index contributed by atoms with van der Waals surface area (Å²) in [5.74, 6) is 0.866. The number of nitrogens with zero attached hydrogens (tertiary/aromatic N) is 1. The average Bonchev–Trinajstić information content (AvgIpc) is 2.91. The molecule has 2 unspecified atom stereocenters. The van der Waals surface area contributed by atoms with Gasteiger partial charge in [0.25, 0.3) is 0 Å². The lowest BCUT2D eigenvalue weighted by Gasteiger charge is -2.13. The van der Waals surface area contributed by atoms with E-state index < -0.39 is 9.84 Å². The fourth-order valence-corrected chi connectivity index (χ4v) is 6.57. The van der Waals surface area contributed by atoms with Crippen LogP contribution in [-0.4, -0.2) is 29.7 Å². The van der Waals surface area contributed by atoms with Crippen molar-refractivity contribution in [3.05, 3.63) is 29.3 Å². The molecule has 0 aliphatic carbocycles. The first-order valence-corrected chi connectivity index (χ1v) is 9.78. The smallest absolute Gasteiger partial charge is 0.150 e. The Balaban J connectivity index is 1.74. The summed E-state index contributed by atoms with van der Waals surface area (Å²) < 4.78 is 24.2. The minimum Gasteiger partial charge on any atom is -0.241 e. The molecule has 19 heavy (non-hydrogen) atoms. The average molecular weight is 360 g/mol. The minimum absolute atomic E-state index is 0.199. The molecule has 0 saturated carbocycles. The molecule has 0 N–H and O–H groups in total. The molecule has 0 spiro atoms. The number of alkyl halides is 1. The number of sulfone groups is 1. The molecule has 0 amide bonds. The minimum atomic E-state index is -2.80. The number of benzene rings is 1. The number of halogens is 1. The summed E-state index contributed by atoms with van der Waals surface area (Å²) in [5, 5.41) is 1.08. The van der Waals surface area contributed by atoms with Crippen molar-refractivity contribution >= 4 is 47.3 Å². The third-order valence-corrected chi connectivity index (χ3v) is 7.41. The van der Waals surface area contributed by atoms with E-state index in [1.54, 1.807) is 11.3 Å². The Bertz CT molecular complexity index is 662. The van der Waals surface area contributed by atoms with Crippen LogP contribution >= 0.6 is 27.3 Å². The van der Waals surface area contributed by atoms with E-state index in [2.05, 4.69) is 27.0 Å². The summed E-state index contributed by atoms with van der Waals surface area (Å²) in [6.45, 7) is 0. The summed E-state index contributed by atoms with van der Waals surface area (Å²) in [7, 11) is -2.80. The first-order valence-electron chi connectivity index (χ1n) is 6.22. The first-order chi connectivity index (χ1) is 9.03. The lowest BCUT2D eigenvalue weighted by Crippen LogP contribution is -2.18. The Morgan fingerprint density at radius 1 is 1.42 bits per heavy atom. The van der Waals surface area contributed by atoms with Crippen LogP contribution in [-0.2, 0) is 16.3 Å². The van der Waals surface area contributed by atoms with Gasteiger partial charge in [0.05, 0.1) is 26.7 Å². The largest absolute Gasteiger partial charge is 0.241 e. The number of hydrogen-bond acceptors (Lipinski definition) is 4. The van der Waals surface area contributed by atoms with Crippen molar-refractivity contribution in [2.24, 2.45) is 5.92 Å². The Hall–Kier alpha value is -0.460. The molecular formula is C13H14BrNO2S2. The van der Waals surface area contributed by atoms with Gasteiger partial charge in [-0.1, -0.05) is 28.1 Å². The summed E-state index contributed by atoms with van der Waals surface area (Å²) >= 11 is 5.35. The molecule has 6 heteroatoms. The molecule has 2 aromatic rings. The number of hydrogen-bond donors (Lipinski definition) is 0. The maximum absolute atomic E-state index is 11.5. The number of fused-ring (bicyclic) bond motifs is 1. The Morgan fingerprint density at radius 2 is 2.21 bits per heavy atom. The molecule has 0 radical (unpaired) electrons. The zero-order valence-corrected chi connectivity index (χ0v) is 13.5.